The van der Waals surface area contributed by atoms with Crippen LogP contribution in [0.1, 0.15) is 16.8 Å². The molecule has 1 N–H and O–H groups in total. The number of thioether (sulfide) groups is 1. The average molecular weight is 570 g/mol. The lowest BCUT2D eigenvalue weighted by Crippen LogP contribution is -2.19. The zero-order chi connectivity index (χ0) is 27.6. The van der Waals surface area contributed by atoms with E-state index in [1.807, 2.05) is 12.1 Å². The average Bonchev–Trinajstić information content (AvgIpc) is 2.91. The van der Waals surface area contributed by atoms with Crippen molar-refractivity contribution in [2.24, 2.45) is 0 Å². The van der Waals surface area contributed by atoms with Gasteiger partial charge in [-0.15, -0.1) is 0 Å². The van der Waals surface area contributed by atoms with Crippen molar-refractivity contribution in [3.8, 4) is 11.3 Å². The van der Waals surface area contributed by atoms with E-state index in [2.05, 4.69) is 20.3 Å². The standard InChI is InChI=1S/C26H18F3N5O3S2/c27-26(28,29)24-20-9-8-15-5-1-2-6-19(15)23(20)32-25(33-24)38-14-21(35)31-16-11-17(34(36)37)13-18(12-16)39-22-7-3-4-10-30-22/h1-7,10-13H,8-9,14H2,(H,31,35). The lowest BCUT2D eigenvalue weighted by Gasteiger charge is -2.22. The highest BCUT2D eigenvalue weighted by atomic mass is 32.2. The van der Waals surface area contributed by atoms with Crippen molar-refractivity contribution in [2.75, 3.05) is 11.1 Å². The van der Waals surface area contributed by atoms with Crippen LogP contribution in [0, 0.1) is 10.1 Å². The van der Waals surface area contributed by atoms with Crippen LogP contribution < -0.4 is 5.32 Å². The monoisotopic (exact) mass is 569 g/mol. The maximum Gasteiger partial charge on any atom is 0.433 e. The fraction of sp³-hybridized carbons (Fsp3) is 0.154. The number of carbonyl (C=O) groups is 1. The second kappa shape index (κ2) is 11.0. The van der Waals surface area contributed by atoms with Gasteiger partial charge in [0, 0.05) is 40.0 Å². The molecular weight excluding hydrogens is 551 g/mol. The predicted octanol–water partition coefficient (Wildman–Crippen LogP) is 6.45. The van der Waals surface area contributed by atoms with Crippen molar-refractivity contribution in [1.82, 2.24) is 15.0 Å². The van der Waals surface area contributed by atoms with E-state index in [1.165, 1.54) is 23.9 Å². The number of benzene rings is 2. The number of rotatable bonds is 7. The third-order valence-electron chi connectivity index (χ3n) is 5.75. The largest absolute Gasteiger partial charge is 0.433 e. The number of carbonyl (C=O) groups excluding carboxylic acids is 1. The van der Waals surface area contributed by atoms with E-state index in [-0.39, 0.29) is 40.0 Å². The van der Waals surface area contributed by atoms with E-state index in [1.54, 1.807) is 42.6 Å². The molecule has 0 bridgehead atoms. The number of hydrogen-bond donors (Lipinski definition) is 1. The summed E-state index contributed by atoms with van der Waals surface area (Å²) in [6.45, 7) is 0. The van der Waals surface area contributed by atoms with Gasteiger partial charge in [-0.25, -0.2) is 15.0 Å². The zero-order valence-electron chi connectivity index (χ0n) is 19.9. The van der Waals surface area contributed by atoms with Crippen molar-refractivity contribution in [1.29, 1.82) is 0 Å². The summed E-state index contributed by atoms with van der Waals surface area (Å²) in [6, 6.07) is 16.5. The number of pyridine rings is 1. The smallest absolute Gasteiger partial charge is 0.325 e. The number of nitrogens with zero attached hydrogens (tertiary/aromatic N) is 4. The number of nitrogens with one attached hydrogen (secondary N) is 1. The molecule has 39 heavy (non-hydrogen) atoms. The second-order valence-corrected chi connectivity index (χ2v) is 10.5. The summed E-state index contributed by atoms with van der Waals surface area (Å²) in [5, 5.41) is 14.4. The third-order valence-corrected chi connectivity index (χ3v) is 7.52. The molecule has 5 rings (SSSR count). The molecule has 2 heterocycles. The van der Waals surface area contributed by atoms with Gasteiger partial charge in [-0.2, -0.15) is 13.2 Å². The number of fused-ring (bicyclic) bond motifs is 3. The van der Waals surface area contributed by atoms with Crippen molar-refractivity contribution in [3.05, 3.63) is 93.8 Å². The SMILES string of the molecule is O=C(CSc1nc2c(c(C(F)(F)F)n1)CCc1ccccc1-2)Nc1cc(Sc2ccccn2)cc([N+](=O)[O-])c1. The molecule has 0 radical (unpaired) electrons. The summed E-state index contributed by atoms with van der Waals surface area (Å²) in [5.41, 5.74) is 0.721. The van der Waals surface area contributed by atoms with Gasteiger partial charge in [0.25, 0.3) is 5.69 Å². The molecule has 0 saturated heterocycles. The number of aromatic nitrogens is 3. The summed E-state index contributed by atoms with van der Waals surface area (Å²) < 4.78 is 41.6. The van der Waals surface area contributed by atoms with Crippen LogP contribution >= 0.6 is 23.5 Å². The maximum absolute atomic E-state index is 13.9. The molecule has 0 fully saturated rings. The van der Waals surface area contributed by atoms with Crippen LogP contribution in [0.25, 0.3) is 11.3 Å². The molecule has 0 aliphatic heterocycles. The highest BCUT2D eigenvalue weighted by Gasteiger charge is 2.38. The van der Waals surface area contributed by atoms with Gasteiger partial charge in [0.2, 0.25) is 5.91 Å². The van der Waals surface area contributed by atoms with Gasteiger partial charge in [-0.1, -0.05) is 53.9 Å². The molecule has 0 saturated carbocycles. The Morgan fingerprint density at radius 1 is 1.05 bits per heavy atom. The number of aryl methyl sites for hydroxylation is 1. The second-order valence-electron chi connectivity index (χ2n) is 8.42. The maximum atomic E-state index is 13.9. The van der Waals surface area contributed by atoms with E-state index in [0.717, 1.165) is 17.3 Å². The Morgan fingerprint density at radius 2 is 1.85 bits per heavy atom. The summed E-state index contributed by atoms with van der Waals surface area (Å²) >= 11 is 1.94. The Balaban J connectivity index is 1.36. The number of non-ortho nitro benzene ring substituents is 1. The number of amides is 1. The molecule has 1 amide bonds. The van der Waals surface area contributed by atoms with Crippen LogP contribution in [0.2, 0.25) is 0 Å². The van der Waals surface area contributed by atoms with Gasteiger partial charge >= 0.3 is 6.18 Å². The summed E-state index contributed by atoms with van der Waals surface area (Å²) in [6.07, 6.45) is -2.47. The highest BCUT2D eigenvalue weighted by molar-refractivity contribution is 7.99. The van der Waals surface area contributed by atoms with Gasteiger partial charge in [-0.3, -0.25) is 14.9 Å². The van der Waals surface area contributed by atoms with Gasteiger partial charge < -0.3 is 5.32 Å². The van der Waals surface area contributed by atoms with Crippen LogP contribution in [0.5, 0.6) is 0 Å². The first kappa shape index (κ1) is 26.6. The highest BCUT2D eigenvalue weighted by Crippen LogP contribution is 2.40. The number of hydrogen-bond acceptors (Lipinski definition) is 8. The minimum absolute atomic E-state index is 0.0459. The minimum atomic E-state index is -4.68. The molecule has 1 aliphatic carbocycles. The molecule has 198 valence electrons. The van der Waals surface area contributed by atoms with Crippen LogP contribution in [0.3, 0.4) is 0 Å². The van der Waals surface area contributed by atoms with Gasteiger partial charge in [0.1, 0.15) is 5.03 Å². The van der Waals surface area contributed by atoms with Crippen LogP contribution in [0.15, 0.2) is 81.9 Å². The number of alkyl halides is 3. The molecule has 4 aromatic rings. The zero-order valence-corrected chi connectivity index (χ0v) is 21.6. The fourth-order valence-electron chi connectivity index (χ4n) is 4.13. The lowest BCUT2D eigenvalue weighted by atomic mass is 9.88. The van der Waals surface area contributed by atoms with Gasteiger partial charge in [-0.05, 0) is 36.6 Å². The molecule has 2 aromatic heterocycles. The van der Waals surface area contributed by atoms with E-state index < -0.39 is 22.7 Å². The van der Waals surface area contributed by atoms with Crippen LogP contribution in [-0.4, -0.2) is 31.5 Å². The van der Waals surface area contributed by atoms with Crippen molar-refractivity contribution in [2.45, 2.75) is 34.1 Å². The molecule has 1 aliphatic rings. The Kier molecular flexibility index (Phi) is 7.53. The number of nitro benzene ring substituents is 1. The normalized spacial score (nSPS) is 12.4. The molecule has 0 atom stereocenters. The number of halogens is 3. The van der Waals surface area contributed by atoms with Gasteiger partial charge in [0.05, 0.1) is 16.4 Å². The van der Waals surface area contributed by atoms with E-state index in [9.17, 15) is 28.1 Å². The Morgan fingerprint density at radius 3 is 2.59 bits per heavy atom. The Bertz CT molecular complexity index is 1570. The quantitative estimate of drug-likeness (QED) is 0.117. The molecule has 0 spiro atoms. The van der Waals surface area contributed by atoms with Crippen LogP contribution in [-0.2, 0) is 23.8 Å². The first-order valence-electron chi connectivity index (χ1n) is 11.5. The lowest BCUT2D eigenvalue weighted by molar-refractivity contribution is -0.385. The number of nitro groups is 1. The molecule has 13 heteroatoms. The third kappa shape index (κ3) is 6.20. The fourth-order valence-corrected chi connectivity index (χ4v) is 5.64. The first-order chi connectivity index (χ1) is 18.7. The first-order valence-corrected chi connectivity index (χ1v) is 13.3. The topological polar surface area (TPSA) is 111 Å². The summed E-state index contributed by atoms with van der Waals surface area (Å²) in [5.74, 6) is -0.882. The molecule has 2 aromatic carbocycles. The van der Waals surface area contributed by atoms with E-state index >= 15 is 0 Å². The van der Waals surface area contributed by atoms with Gasteiger partial charge in [0.15, 0.2) is 10.9 Å². The molecular formula is C26H18F3N5O3S2. The van der Waals surface area contributed by atoms with Crippen molar-refractivity contribution >= 4 is 40.8 Å². The Hall–Kier alpha value is -3.97. The van der Waals surface area contributed by atoms with Crippen LogP contribution in [0.4, 0.5) is 24.5 Å². The summed E-state index contributed by atoms with van der Waals surface area (Å²) in [4.78, 5) is 36.4. The minimum Gasteiger partial charge on any atom is -0.325 e. The van der Waals surface area contributed by atoms with E-state index in [0.29, 0.717) is 21.9 Å². The molecule has 8 nitrogen and oxygen atoms in total. The Labute approximate surface area is 228 Å². The van der Waals surface area contributed by atoms with E-state index in [4.69, 9.17) is 0 Å². The number of anilines is 1. The van der Waals surface area contributed by atoms with Crippen molar-refractivity contribution in [3.63, 3.8) is 0 Å². The summed E-state index contributed by atoms with van der Waals surface area (Å²) in [7, 11) is 0. The van der Waals surface area contributed by atoms with Crippen molar-refractivity contribution < 1.29 is 22.9 Å². The molecule has 0 unspecified atom stereocenters. The predicted molar refractivity (Wildman–Crippen MR) is 141 cm³/mol.